The highest BCUT2D eigenvalue weighted by molar-refractivity contribution is 5.91. The molecule has 1 amide bonds. The highest BCUT2D eigenvalue weighted by atomic mass is 16.3. The molecule has 0 spiro atoms. The Labute approximate surface area is 145 Å². The number of amides is 1. The lowest BCUT2D eigenvalue weighted by Gasteiger charge is -2.30. The molecular formula is C20H30N2O2. The molecule has 1 aromatic heterocycles. The third-order valence-corrected chi connectivity index (χ3v) is 5.21. The van der Waals surface area contributed by atoms with Crippen LogP contribution in [0, 0.1) is 11.8 Å². The van der Waals surface area contributed by atoms with Gasteiger partial charge in [-0.3, -0.25) is 4.79 Å². The maximum Gasteiger partial charge on any atom is 0.244 e. The molecule has 24 heavy (non-hydrogen) atoms. The first-order valence-corrected chi connectivity index (χ1v) is 9.40. The summed E-state index contributed by atoms with van der Waals surface area (Å²) in [6.45, 7) is 8.78. The van der Waals surface area contributed by atoms with Crippen molar-refractivity contribution in [3.05, 3.63) is 29.7 Å². The molecule has 0 aromatic carbocycles. The lowest BCUT2D eigenvalue weighted by atomic mass is 10.0. The topological polar surface area (TPSA) is 45.5 Å². The van der Waals surface area contributed by atoms with Gasteiger partial charge in [0.25, 0.3) is 0 Å². The Hall–Kier alpha value is -1.55. The van der Waals surface area contributed by atoms with E-state index in [0.717, 1.165) is 42.9 Å². The minimum absolute atomic E-state index is 0.0419. The molecular weight excluding hydrogens is 300 g/mol. The molecule has 0 radical (unpaired) electrons. The number of furan rings is 1. The second-order valence-corrected chi connectivity index (χ2v) is 7.59. The molecule has 4 heteroatoms. The molecule has 3 atom stereocenters. The zero-order valence-electron chi connectivity index (χ0n) is 15.0. The smallest absolute Gasteiger partial charge is 0.244 e. The predicted octanol–water partition coefficient (Wildman–Crippen LogP) is 3.65. The third-order valence-electron chi connectivity index (χ3n) is 5.21. The van der Waals surface area contributed by atoms with Gasteiger partial charge in [0.1, 0.15) is 11.5 Å². The highest BCUT2D eigenvalue weighted by Gasteiger charge is 2.36. The maximum atomic E-state index is 11.9. The van der Waals surface area contributed by atoms with Gasteiger partial charge in [0, 0.05) is 25.1 Å². The summed E-state index contributed by atoms with van der Waals surface area (Å²) < 4.78 is 5.77. The second-order valence-electron chi connectivity index (χ2n) is 7.59. The van der Waals surface area contributed by atoms with Crippen LogP contribution in [0.1, 0.15) is 57.0 Å². The van der Waals surface area contributed by atoms with Crippen molar-refractivity contribution in [1.29, 1.82) is 0 Å². The Balaban J connectivity index is 1.32. The Morgan fingerprint density at radius 1 is 1.42 bits per heavy atom. The maximum absolute atomic E-state index is 11.9. The van der Waals surface area contributed by atoms with Crippen molar-refractivity contribution >= 4 is 12.0 Å². The summed E-state index contributed by atoms with van der Waals surface area (Å²) in [7, 11) is 0. The molecule has 1 aliphatic carbocycles. The van der Waals surface area contributed by atoms with Gasteiger partial charge >= 0.3 is 0 Å². The highest BCUT2D eigenvalue weighted by Crippen LogP contribution is 2.47. The van der Waals surface area contributed by atoms with E-state index in [1.54, 1.807) is 12.2 Å². The zero-order valence-corrected chi connectivity index (χ0v) is 15.0. The fourth-order valence-corrected chi connectivity index (χ4v) is 3.60. The number of hydrogen-bond donors (Lipinski definition) is 1. The van der Waals surface area contributed by atoms with Gasteiger partial charge in [-0.25, -0.2) is 0 Å². The molecule has 1 saturated carbocycles. The van der Waals surface area contributed by atoms with E-state index in [1.165, 1.54) is 32.4 Å². The van der Waals surface area contributed by atoms with Gasteiger partial charge < -0.3 is 14.6 Å². The molecule has 1 saturated heterocycles. The molecule has 2 fully saturated rings. The summed E-state index contributed by atoms with van der Waals surface area (Å²) in [5, 5.41) is 2.96. The van der Waals surface area contributed by atoms with E-state index >= 15 is 0 Å². The zero-order chi connectivity index (χ0) is 16.9. The average Bonchev–Trinajstić information content (AvgIpc) is 3.10. The fraction of sp³-hybridized carbons (Fsp3) is 0.650. The first-order valence-electron chi connectivity index (χ1n) is 9.40. The molecule has 132 valence electrons. The first kappa shape index (κ1) is 17.3. The van der Waals surface area contributed by atoms with Gasteiger partial charge in [-0.15, -0.1) is 0 Å². The molecule has 0 bridgehead atoms. The average molecular weight is 330 g/mol. The molecule has 2 heterocycles. The summed E-state index contributed by atoms with van der Waals surface area (Å²) in [5.41, 5.74) is 0. The van der Waals surface area contributed by atoms with Gasteiger partial charge in [0.05, 0.1) is 0 Å². The Kier molecular flexibility index (Phi) is 5.77. The number of likely N-dealkylation sites (tertiary alicyclic amines) is 1. The minimum atomic E-state index is -0.0419. The van der Waals surface area contributed by atoms with Gasteiger partial charge in [-0.2, -0.15) is 0 Å². The van der Waals surface area contributed by atoms with Crippen LogP contribution in [0.3, 0.4) is 0 Å². The number of carbonyl (C=O) groups excluding carboxylic acids is 1. The summed E-state index contributed by atoms with van der Waals surface area (Å²) in [6.07, 6.45) is 8.22. The molecule has 4 nitrogen and oxygen atoms in total. The SMILES string of the molecule is CC1CCCN(CCCNC(=O)/C=C/c2ccc(C3CC3C)o2)C1. The van der Waals surface area contributed by atoms with E-state index in [4.69, 9.17) is 4.42 Å². The van der Waals surface area contributed by atoms with Gasteiger partial charge in [-0.05, 0) is 68.8 Å². The number of piperidine rings is 1. The van der Waals surface area contributed by atoms with Gasteiger partial charge in [-0.1, -0.05) is 13.8 Å². The Bertz CT molecular complexity index is 578. The van der Waals surface area contributed by atoms with Crippen molar-refractivity contribution in [2.24, 2.45) is 11.8 Å². The van der Waals surface area contributed by atoms with E-state index in [0.29, 0.717) is 5.92 Å². The summed E-state index contributed by atoms with van der Waals surface area (Å²) in [4.78, 5) is 14.4. The molecule has 1 aliphatic heterocycles. The van der Waals surface area contributed by atoms with Crippen LogP contribution in [0.2, 0.25) is 0 Å². The van der Waals surface area contributed by atoms with Crippen molar-refractivity contribution in [2.75, 3.05) is 26.2 Å². The van der Waals surface area contributed by atoms with Crippen LogP contribution in [-0.2, 0) is 4.79 Å². The van der Waals surface area contributed by atoms with Crippen LogP contribution in [0.15, 0.2) is 22.6 Å². The van der Waals surface area contributed by atoms with Crippen LogP contribution in [0.5, 0.6) is 0 Å². The van der Waals surface area contributed by atoms with Crippen LogP contribution in [0.4, 0.5) is 0 Å². The summed E-state index contributed by atoms with van der Waals surface area (Å²) in [6, 6.07) is 3.98. The van der Waals surface area contributed by atoms with Crippen LogP contribution < -0.4 is 5.32 Å². The predicted molar refractivity (Wildman–Crippen MR) is 96.7 cm³/mol. The lowest BCUT2D eigenvalue weighted by molar-refractivity contribution is -0.116. The normalized spacial score (nSPS) is 27.5. The summed E-state index contributed by atoms with van der Waals surface area (Å²) in [5.74, 6) is 3.91. The van der Waals surface area contributed by atoms with E-state index in [9.17, 15) is 4.79 Å². The minimum Gasteiger partial charge on any atom is -0.461 e. The van der Waals surface area contributed by atoms with E-state index < -0.39 is 0 Å². The molecule has 3 unspecified atom stereocenters. The number of carbonyl (C=O) groups is 1. The molecule has 3 rings (SSSR count). The molecule has 2 aliphatic rings. The number of nitrogens with one attached hydrogen (secondary N) is 1. The first-order chi connectivity index (χ1) is 11.6. The van der Waals surface area contributed by atoms with Crippen molar-refractivity contribution in [3.63, 3.8) is 0 Å². The quantitative estimate of drug-likeness (QED) is 0.613. The van der Waals surface area contributed by atoms with Crippen molar-refractivity contribution in [1.82, 2.24) is 10.2 Å². The third kappa shape index (κ3) is 4.97. The lowest BCUT2D eigenvalue weighted by Crippen LogP contribution is -2.36. The number of hydrogen-bond acceptors (Lipinski definition) is 3. The Morgan fingerprint density at radius 3 is 3.00 bits per heavy atom. The summed E-state index contributed by atoms with van der Waals surface area (Å²) >= 11 is 0. The number of rotatable bonds is 7. The number of nitrogens with zero attached hydrogens (tertiary/aromatic N) is 1. The van der Waals surface area contributed by atoms with Gasteiger partial charge in [0.2, 0.25) is 5.91 Å². The van der Waals surface area contributed by atoms with E-state index in [2.05, 4.69) is 24.1 Å². The molecule has 1 N–H and O–H groups in total. The van der Waals surface area contributed by atoms with Crippen LogP contribution in [0.25, 0.3) is 6.08 Å². The molecule has 1 aromatic rings. The van der Waals surface area contributed by atoms with Crippen molar-refractivity contribution in [2.45, 2.75) is 45.4 Å². The van der Waals surface area contributed by atoms with Crippen molar-refractivity contribution < 1.29 is 9.21 Å². The van der Waals surface area contributed by atoms with Crippen LogP contribution in [-0.4, -0.2) is 37.0 Å². The fourth-order valence-electron chi connectivity index (χ4n) is 3.60. The monoisotopic (exact) mass is 330 g/mol. The van der Waals surface area contributed by atoms with E-state index in [1.807, 2.05) is 12.1 Å². The van der Waals surface area contributed by atoms with E-state index in [-0.39, 0.29) is 5.91 Å². The standard InChI is InChI=1S/C20H30N2O2/c1-15-5-3-11-22(14-15)12-4-10-21-20(23)9-7-17-6-8-19(24-17)18-13-16(18)2/h6-9,15-16,18H,3-5,10-14H2,1-2H3,(H,21,23)/b9-7+. The second kappa shape index (κ2) is 8.02. The van der Waals surface area contributed by atoms with Crippen molar-refractivity contribution in [3.8, 4) is 0 Å². The Morgan fingerprint density at radius 2 is 2.25 bits per heavy atom. The van der Waals surface area contributed by atoms with Crippen LogP contribution >= 0.6 is 0 Å². The largest absolute Gasteiger partial charge is 0.461 e. The van der Waals surface area contributed by atoms with Gasteiger partial charge in [0.15, 0.2) is 0 Å².